The van der Waals surface area contributed by atoms with E-state index in [1.807, 2.05) is 25.1 Å². The van der Waals surface area contributed by atoms with Crippen molar-refractivity contribution in [2.24, 2.45) is 0 Å². The predicted molar refractivity (Wildman–Crippen MR) is 132 cm³/mol. The van der Waals surface area contributed by atoms with Crippen molar-refractivity contribution in [3.05, 3.63) is 92.7 Å². The number of hydrogen-bond donors (Lipinski definition) is 1. The van der Waals surface area contributed by atoms with E-state index in [1.54, 1.807) is 12.1 Å². The van der Waals surface area contributed by atoms with Gasteiger partial charge in [0, 0.05) is 18.2 Å². The molecule has 32 heavy (non-hydrogen) atoms. The minimum atomic E-state index is -0.392. The zero-order chi connectivity index (χ0) is 22.9. The standard InChI is InChI=1S/C26H28BrClFNO2/c1-3-31-25-15-20(16-30-18(2)12-13-19-8-5-4-6-9-19)14-22(27)26(25)32-17-21-23(28)10-7-11-24(21)29/h4-11,14-15,18,30H,3,12-13,16-17H2,1-2H3. The lowest BCUT2D eigenvalue weighted by Crippen LogP contribution is -2.26. The Balaban J connectivity index is 1.64. The molecule has 0 fully saturated rings. The highest BCUT2D eigenvalue weighted by atomic mass is 79.9. The maximum atomic E-state index is 14.1. The number of benzene rings is 3. The largest absolute Gasteiger partial charge is 0.490 e. The molecule has 0 saturated carbocycles. The fourth-order valence-corrected chi connectivity index (χ4v) is 4.18. The van der Waals surface area contributed by atoms with E-state index < -0.39 is 5.82 Å². The molecule has 0 heterocycles. The highest BCUT2D eigenvalue weighted by Crippen LogP contribution is 2.38. The quantitative estimate of drug-likeness (QED) is 0.287. The molecule has 0 aliphatic heterocycles. The van der Waals surface area contributed by atoms with Gasteiger partial charge in [-0.3, -0.25) is 0 Å². The van der Waals surface area contributed by atoms with E-state index in [-0.39, 0.29) is 6.61 Å². The summed E-state index contributed by atoms with van der Waals surface area (Å²) >= 11 is 9.71. The second-order valence-corrected chi connectivity index (χ2v) is 8.89. The zero-order valence-corrected chi connectivity index (χ0v) is 20.7. The number of ether oxygens (including phenoxy) is 2. The molecule has 6 heteroatoms. The molecule has 3 nitrogen and oxygen atoms in total. The van der Waals surface area contributed by atoms with Crippen LogP contribution in [0.4, 0.5) is 4.39 Å². The monoisotopic (exact) mass is 519 g/mol. The summed E-state index contributed by atoms with van der Waals surface area (Å²) in [6.07, 6.45) is 2.09. The Kier molecular flexibility index (Phi) is 9.39. The van der Waals surface area contributed by atoms with Crippen LogP contribution >= 0.6 is 27.5 Å². The van der Waals surface area contributed by atoms with Crippen molar-refractivity contribution in [1.29, 1.82) is 0 Å². The highest BCUT2D eigenvalue weighted by molar-refractivity contribution is 9.10. The van der Waals surface area contributed by atoms with Gasteiger partial charge in [-0.2, -0.15) is 0 Å². The van der Waals surface area contributed by atoms with E-state index in [0.717, 1.165) is 22.9 Å². The van der Waals surface area contributed by atoms with Gasteiger partial charge < -0.3 is 14.8 Å². The van der Waals surface area contributed by atoms with E-state index in [1.165, 1.54) is 11.6 Å². The van der Waals surface area contributed by atoms with Crippen molar-refractivity contribution in [1.82, 2.24) is 5.32 Å². The van der Waals surface area contributed by atoms with Crippen LogP contribution in [0.25, 0.3) is 0 Å². The van der Waals surface area contributed by atoms with Crippen LogP contribution in [0.15, 0.2) is 65.1 Å². The lowest BCUT2D eigenvalue weighted by molar-refractivity contribution is 0.264. The Hall–Kier alpha value is -2.08. The molecule has 1 unspecified atom stereocenters. The van der Waals surface area contributed by atoms with Gasteiger partial charge in [-0.1, -0.05) is 48.0 Å². The molecule has 0 saturated heterocycles. The summed E-state index contributed by atoms with van der Waals surface area (Å²) in [5.41, 5.74) is 2.74. The average Bonchev–Trinajstić information content (AvgIpc) is 2.78. The normalized spacial score (nSPS) is 11.9. The molecule has 1 atom stereocenters. The Labute approximate surface area is 203 Å². The van der Waals surface area contributed by atoms with Gasteiger partial charge in [-0.15, -0.1) is 0 Å². The second kappa shape index (κ2) is 12.2. The van der Waals surface area contributed by atoms with Crippen molar-refractivity contribution in [3.8, 4) is 11.5 Å². The molecule has 170 valence electrons. The summed E-state index contributed by atoms with van der Waals surface area (Å²) in [6, 6.07) is 19.4. The summed E-state index contributed by atoms with van der Waals surface area (Å²) < 4.78 is 26.6. The molecule has 0 aliphatic carbocycles. The van der Waals surface area contributed by atoms with Gasteiger partial charge in [0.2, 0.25) is 0 Å². The molecular formula is C26H28BrClFNO2. The summed E-state index contributed by atoms with van der Waals surface area (Å²) in [6.45, 7) is 5.32. The van der Waals surface area contributed by atoms with Crippen molar-refractivity contribution < 1.29 is 13.9 Å². The number of aryl methyl sites for hydroxylation is 1. The Morgan fingerprint density at radius 2 is 1.81 bits per heavy atom. The Bertz CT molecular complexity index is 996. The molecule has 0 bridgehead atoms. The topological polar surface area (TPSA) is 30.5 Å². The Morgan fingerprint density at radius 3 is 2.53 bits per heavy atom. The van der Waals surface area contributed by atoms with E-state index in [9.17, 15) is 4.39 Å². The van der Waals surface area contributed by atoms with Crippen LogP contribution in [0.5, 0.6) is 11.5 Å². The van der Waals surface area contributed by atoms with Gasteiger partial charge in [-0.05, 0) is 78.0 Å². The average molecular weight is 521 g/mol. The van der Waals surface area contributed by atoms with E-state index in [0.29, 0.717) is 41.3 Å². The van der Waals surface area contributed by atoms with Gasteiger partial charge >= 0.3 is 0 Å². The van der Waals surface area contributed by atoms with Crippen LogP contribution in [0.2, 0.25) is 5.02 Å². The van der Waals surface area contributed by atoms with Crippen LogP contribution in [0.3, 0.4) is 0 Å². The summed E-state index contributed by atoms with van der Waals surface area (Å²) in [4.78, 5) is 0. The molecule has 0 radical (unpaired) electrons. The smallest absolute Gasteiger partial charge is 0.175 e. The van der Waals surface area contributed by atoms with E-state index in [4.69, 9.17) is 21.1 Å². The van der Waals surface area contributed by atoms with E-state index >= 15 is 0 Å². The lowest BCUT2D eigenvalue weighted by Gasteiger charge is -2.18. The number of hydrogen-bond acceptors (Lipinski definition) is 3. The van der Waals surface area contributed by atoms with Crippen molar-refractivity contribution in [2.45, 2.75) is 45.9 Å². The minimum absolute atomic E-state index is 0.0122. The van der Waals surface area contributed by atoms with E-state index in [2.05, 4.69) is 52.4 Å². The van der Waals surface area contributed by atoms with Crippen LogP contribution in [-0.4, -0.2) is 12.6 Å². The van der Waals surface area contributed by atoms with Gasteiger partial charge in [0.15, 0.2) is 11.5 Å². The minimum Gasteiger partial charge on any atom is -0.490 e. The SMILES string of the molecule is CCOc1cc(CNC(C)CCc2ccccc2)cc(Br)c1OCc1c(F)cccc1Cl. The first-order valence-electron chi connectivity index (χ1n) is 10.8. The fraction of sp³-hybridized carbons (Fsp3) is 0.308. The lowest BCUT2D eigenvalue weighted by atomic mass is 10.1. The maximum Gasteiger partial charge on any atom is 0.175 e. The van der Waals surface area contributed by atoms with Crippen molar-refractivity contribution in [3.63, 3.8) is 0 Å². The van der Waals surface area contributed by atoms with Crippen LogP contribution in [0, 0.1) is 5.82 Å². The Morgan fingerprint density at radius 1 is 1.03 bits per heavy atom. The molecule has 3 aromatic carbocycles. The zero-order valence-electron chi connectivity index (χ0n) is 18.3. The molecule has 3 aromatic rings. The van der Waals surface area contributed by atoms with Crippen LogP contribution < -0.4 is 14.8 Å². The molecule has 1 N–H and O–H groups in total. The first kappa shape index (κ1) is 24.6. The van der Waals surface area contributed by atoms with Gasteiger partial charge in [0.25, 0.3) is 0 Å². The molecule has 0 amide bonds. The van der Waals surface area contributed by atoms with Gasteiger partial charge in [-0.25, -0.2) is 4.39 Å². The maximum absolute atomic E-state index is 14.1. The number of halogens is 3. The first-order chi connectivity index (χ1) is 15.5. The van der Waals surface area contributed by atoms with Crippen molar-refractivity contribution >= 4 is 27.5 Å². The highest BCUT2D eigenvalue weighted by Gasteiger charge is 2.15. The molecular weight excluding hydrogens is 493 g/mol. The summed E-state index contributed by atoms with van der Waals surface area (Å²) in [5, 5.41) is 3.91. The van der Waals surface area contributed by atoms with Gasteiger partial charge in [0.1, 0.15) is 12.4 Å². The molecule has 0 aliphatic rings. The molecule has 0 spiro atoms. The predicted octanol–water partition coefficient (Wildman–Crippen LogP) is 7.33. The van der Waals surface area contributed by atoms with Crippen LogP contribution in [-0.2, 0) is 19.6 Å². The van der Waals surface area contributed by atoms with Gasteiger partial charge in [0.05, 0.1) is 16.1 Å². The number of nitrogens with one attached hydrogen (secondary N) is 1. The summed E-state index contributed by atoms with van der Waals surface area (Å²) in [5.74, 6) is 0.756. The second-order valence-electron chi connectivity index (χ2n) is 7.63. The molecule has 0 aromatic heterocycles. The molecule has 3 rings (SSSR count). The van der Waals surface area contributed by atoms with Crippen LogP contribution in [0.1, 0.15) is 37.0 Å². The van der Waals surface area contributed by atoms with Crippen molar-refractivity contribution in [2.75, 3.05) is 6.61 Å². The fourth-order valence-electron chi connectivity index (χ4n) is 3.36. The third-order valence-electron chi connectivity index (χ3n) is 5.16. The number of rotatable bonds is 11. The first-order valence-corrected chi connectivity index (χ1v) is 11.9. The third-order valence-corrected chi connectivity index (χ3v) is 6.10. The third kappa shape index (κ3) is 6.96. The summed E-state index contributed by atoms with van der Waals surface area (Å²) in [7, 11) is 0.